The topological polar surface area (TPSA) is 92.6 Å². The number of hydrazone groups is 1. The van der Waals surface area contributed by atoms with E-state index >= 15 is 0 Å². The first-order chi connectivity index (χ1) is 16.6. The molecule has 164 valence electrons. The zero-order valence-electron chi connectivity index (χ0n) is 18.3. The smallest absolute Gasteiger partial charge is 0.268 e. The van der Waals surface area contributed by atoms with E-state index in [9.17, 15) is 15.3 Å². The number of benzene rings is 3. The largest absolute Gasteiger partial charge is 0.271 e. The van der Waals surface area contributed by atoms with Crippen LogP contribution in [0.3, 0.4) is 0 Å². The average molecular weight is 462 g/mol. The summed E-state index contributed by atoms with van der Waals surface area (Å²) in [5.74, 6) is -0.445. The van der Waals surface area contributed by atoms with Crippen molar-refractivity contribution in [1.29, 1.82) is 10.5 Å². The molecule has 6 nitrogen and oxygen atoms in total. The lowest BCUT2D eigenvalue weighted by atomic mass is 9.60. The van der Waals surface area contributed by atoms with E-state index in [1.54, 1.807) is 19.1 Å². The quantitative estimate of drug-likeness (QED) is 0.504. The highest BCUT2D eigenvalue weighted by molar-refractivity contribution is 8.14. The van der Waals surface area contributed by atoms with Crippen LogP contribution in [0.5, 0.6) is 0 Å². The molecular weight excluding hydrogens is 442 g/mol. The minimum atomic E-state index is -1.75. The highest BCUT2D eigenvalue weighted by Gasteiger charge is 2.75. The van der Waals surface area contributed by atoms with Crippen molar-refractivity contribution in [3.63, 3.8) is 0 Å². The zero-order chi connectivity index (χ0) is 23.8. The number of hydrogen-bond acceptors (Lipinski definition) is 6. The maximum absolute atomic E-state index is 14.3. The third kappa shape index (κ3) is 2.91. The Balaban J connectivity index is 1.79. The summed E-state index contributed by atoms with van der Waals surface area (Å²) in [5.41, 5.74) is -1.01. The van der Waals surface area contributed by atoms with Gasteiger partial charge in [0.1, 0.15) is 0 Å². The number of aliphatic imine (C=N–C) groups is 1. The van der Waals surface area contributed by atoms with Gasteiger partial charge in [0.2, 0.25) is 0 Å². The number of hydrogen-bond donors (Lipinski definition) is 0. The second kappa shape index (κ2) is 8.30. The van der Waals surface area contributed by atoms with Gasteiger partial charge in [-0.05, 0) is 36.8 Å². The van der Waals surface area contributed by atoms with Gasteiger partial charge in [-0.3, -0.25) is 4.79 Å². The van der Waals surface area contributed by atoms with E-state index in [0.717, 1.165) is 5.56 Å². The maximum atomic E-state index is 14.3. The Bertz CT molecular complexity index is 1380. The van der Waals surface area contributed by atoms with Gasteiger partial charge >= 0.3 is 0 Å². The summed E-state index contributed by atoms with van der Waals surface area (Å²) in [6.07, 6.45) is 0. The summed E-state index contributed by atoms with van der Waals surface area (Å²) < 4.78 is 0. The van der Waals surface area contributed by atoms with Crippen LogP contribution in [0.1, 0.15) is 17.7 Å². The van der Waals surface area contributed by atoms with Crippen molar-refractivity contribution in [2.75, 3.05) is 5.01 Å². The van der Waals surface area contributed by atoms with E-state index in [1.165, 1.54) is 16.8 Å². The summed E-state index contributed by atoms with van der Waals surface area (Å²) in [5, 5.41) is 26.8. The van der Waals surface area contributed by atoms with Gasteiger partial charge in [-0.25, -0.2) is 4.99 Å². The third-order valence-electron chi connectivity index (χ3n) is 6.28. The van der Waals surface area contributed by atoms with Crippen LogP contribution in [0.2, 0.25) is 0 Å². The van der Waals surface area contributed by atoms with Crippen molar-refractivity contribution in [3.05, 3.63) is 96.6 Å². The Morgan fingerprint density at radius 3 is 2.06 bits per heavy atom. The maximum Gasteiger partial charge on any atom is 0.268 e. The minimum absolute atomic E-state index is 0.380. The first kappa shape index (κ1) is 21.6. The molecule has 3 aromatic carbocycles. The van der Waals surface area contributed by atoms with Crippen molar-refractivity contribution < 1.29 is 4.79 Å². The van der Waals surface area contributed by atoms with Crippen molar-refractivity contribution in [1.82, 2.24) is 0 Å². The lowest BCUT2D eigenvalue weighted by Gasteiger charge is -2.33. The van der Waals surface area contributed by atoms with E-state index in [2.05, 4.69) is 17.2 Å². The molecule has 5 rings (SSSR count). The molecule has 1 saturated heterocycles. The number of carbonyl (C=O) groups excluding carboxylic acids is 1. The number of rotatable bonds is 3. The van der Waals surface area contributed by atoms with Crippen LogP contribution in [0, 0.1) is 33.5 Å². The van der Waals surface area contributed by atoms with E-state index < -0.39 is 22.0 Å². The summed E-state index contributed by atoms with van der Waals surface area (Å²) in [7, 11) is 0. The first-order valence-corrected chi connectivity index (χ1v) is 11.6. The minimum Gasteiger partial charge on any atom is -0.271 e. The molecule has 0 radical (unpaired) electrons. The van der Waals surface area contributed by atoms with Gasteiger partial charge in [0, 0.05) is 0 Å². The van der Waals surface area contributed by atoms with Gasteiger partial charge in [0.05, 0.1) is 39.5 Å². The molecule has 2 aliphatic rings. The second-order valence-electron chi connectivity index (χ2n) is 8.08. The van der Waals surface area contributed by atoms with E-state index in [-0.39, 0.29) is 0 Å². The van der Waals surface area contributed by atoms with Crippen LogP contribution in [0.4, 0.5) is 11.4 Å². The van der Waals surface area contributed by atoms with Crippen LogP contribution in [-0.4, -0.2) is 16.7 Å². The molecule has 34 heavy (non-hydrogen) atoms. The molecular formula is C27H19N5OS. The number of amides is 1. The molecule has 2 heterocycles. The molecule has 1 fully saturated rings. The zero-order valence-corrected chi connectivity index (χ0v) is 19.1. The predicted molar refractivity (Wildman–Crippen MR) is 133 cm³/mol. The lowest BCUT2D eigenvalue weighted by molar-refractivity contribution is -0.123. The molecule has 3 aromatic rings. The predicted octanol–water partition coefficient (Wildman–Crippen LogP) is 5.65. The Hall–Kier alpha value is -4.20. The summed E-state index contributed by atoms with van der Waals surface area (Å²) in [4.78, 5) is 19.1. The fourth-order valence-corrected chi connectivity index (χ4v) is 6.37. The molecule has 1 amide bonds. The first-order valence-electron chi connectivity index (χ1n) is 10.7. The summed E-state index contributed by atoms with van der Waals surface area (Å²) in [6, 6.07) is 32.2. The lowest BCUT2D eigenvalue weighted by Crippen LogP contribution is -2.53. The van der Waals surface area contributed by atoms with Crippen LogP contribution in [0.15, 0.2) is 101 Å². The van der Waals surface area contributed by atoms with E-state index in [0.29, 0.717) is 22.1 Å². The fraction of sp³-hybridized carbons (Fsp3) is 0.148. The van der Waals surface area contributed by atoms with Crippen LogP contribution in [0.25, 0.3) is 0 Å². The molecule has 0 unspecified atom stereocenters. The Morgan fingerprint density at radius 2 is 1.47 bits per heavy atom. The summed E-state index contributed by atoms with van der Waals surface area (Å²) >= 11 is 1.29. The number of thioether (sulfide) groups is 1. The van der Waals surface area contributed by atoms with Gasteiger partial charge in [0.25, 0.3) is 5.91 Å². The second-order valence-corrected chi connectivity index (χ2v) is 9.17. The monoisotopic (exact) mass is 461 g/mol. The fourth-order valence-electron chi connectivity index (χ4n) is 4.67. The SMILES string of the molecule is CC1=NN(c2ccccc2)C(=O)[C@@]12C(=Nc1ccccc1)S[C@@H](c1ccccc1)C2(C#N)C#N. The number of para-hydroxylation sites is 2. The van der Waals surface area contributed by atoms with Crippen molar-refractivity contribution in [2.45, 2.75) is 12.2 Å². The number of carbonyl (C=O) groups is 1. The highest BCUT2D eigenvalue weighted by Crippen LogP contribution is 2.66. The van der Waals surface area contributed by atoms with Crippen LogP contribution >= 0.6 is 11.8 Å². The van der Waals surface area contributed by atoms with Crippen LogP contribution in [-0.2, 0) is 4.79 Å². The Kier molecular flexibility index (Phi) is 5.28. The standard InChI is InChI=1S/C27H19N5OS/c1-19-27(25(33)32(31-19)22-15-9-4-10-16-22)24(30-21-13-7-3-8-14-21)34-23(26(27,17-28)18-29)20-11-5-2-6-12-20/h2-16,23H,1H3/t23-,27-/m0/s1. The van der Waals surface area contributed by atoms with Crippen molar-refractivity contribution in [2.24, 2.45) is 20.9 Å². The van der Waals surface area contributed by atoms with E-state index in [1.807, 2.05) is 78.9 Å². The van der Waals surface area contributed by atoms with Crippen molar-refractivity contribution >= 4 is 39.8 Å². The average Bonchev–Trinajstić information content (AvgIpc) is 3.34. The molecule has 1 spiro atoms. The number of nitriles is 2. The van der Waals surface area contributed by atoms with Crippen molar-refractivity contribution in [3.8, 4) is 12.1 Å². The molecule has 2 aliphatic heterocycles. The number of anilines is 1. The molecule has 7 heteroatoms. The third-order valence-corrected chi connectivity index (χ3v) is 7.77. The van der Waals surface area contributed by atoms with Gasteiger partial charge < -0.3 is 0 Å². The molecule has 0 aromatic heterocycles. The molecule has 0 N–H and O–H groups in total. The Labute approximate surface area is 201 Å². The normalized spacial score (nSPS) is 24.1. The van der Waals surface area contributed by atoms with Gasteiger partial charge in [-0.1, -0.05) is 78.5 Å². The Morgan fingerprint density at radius 1 is 0.912 bits per heavy atom. The highest BCUT2D eigenvalue weighted by atomic mass is 32.2. The van der Waals surface area contributed by atoms with Gasteiger partial charge in [-0.15, -0.1) is 0 Å². The molecule has 2 atom stereocenters. The van der Waals surface area contributed by atoms with Crippen LogP contribution < -0.4 is 5.01 Å². The van der Waals surface area contributed by atoms with Gasteiger partial charge in [-0.2, -0.15) is 20.6 Å². The molecule has 0 aliphatic carbocycles. The number of nitrogens with zero attached hydrogens (tertiary/aromatic N) is 5. The van der Waals surface area contributed by atoms with E-state index in [4.69, 9.17) is 4.99 Å². The van der Waals surface area contributed by atoms with Gasteiger partial charge in [0.15, 0.2) is 10.8 Å². The summed E-state index contributed by atoms with van der Waals surface area (Å²) in [6.45, 7) is 1.71. The molecule has 0 saturated carbocycles. The molecule has 0 bridgehead atoms.